The molecule has 0 aliphatic heterocycles. The maximum absolute atomic E-state index is 12.3. The van der Waals surface area contributed by atoms with Crippen molar-refractivity contribution in [3.63, 3.8) is 0 Å². The van der Waals surface area contributed by atoms with Crippen molar-refractivity contribution < 1.29 is 8.42 Å². The van der Waals surface area contributed by atoms with E-state index < -0.39 is 10.0 Å². The maximum Gasteiger partial charge on any atom is 0.260 e. The summed E-state index contributed by atoms with van der Waals surface area (Å²) in [7, 11) is -1.83. The van der Waals surface area contributed by atoms with Gasteiger partial charge in [-0.1, -0.05) is 0 Å². The van der Waals surface area contributed by atoms with Crippen molar-refractivity contribution in [1.29, 1.82) is 0 Å². The number of aryl methyl sites for hydroxylation is 1. The van der Waals surface area contributed by atoms with E-state index in [0.29, 0.717) is 25.1 Å². The zero-order chi connectivity index (χ0) is 15.5. The molecule has 0 aliphatic carbocycles. The molecule has 0 aromatic carbocycles. The summed E-state index contributed by atoms with van der Waals surface area (Å²) in [5, 5.41) is 9.67. The first kappa shape index (κ1) is 16.6. The molecule has 0 saturated carbocycles. The normalized spacial score (nSPS) is 12.0. The molecule has 0 fully saturated rings. The van der Waals surface area contributed by atoms with Crippen LogP contribution in [0, 0.1) is 6.92 Å². The lowest BCUT2D eigenvalue weighted by Gasteiger charge is -2.06. The van der Waals surface area contributed by atoms with E-state index in [0.717, 1.165) is 14.4 Å². The number of halogens is 1. The molecule has 2 rings (SSSR count). The summed E-state index contributed by atoms with van der Waals surface area (Å²) in [6, 6.07) is 3.94. The summed E-state index contributed by atoms with van der Waals surface area (Å²) in [4.78, 5) is 1.12. The van der Waals surface area contributed by atoms with Crippen molar-refractivity contribution >= 4 is 37.3 Å². The Bertz CT molecular complexity index is 709. The summed E-state index contributed by atoms with van der Waals surface area (Å²) < 4.78 is 28.3. The van der Waals surface area contributed by atoms with Gasteiger partial charge in [0.25, 0.3) is 10.0 Å². The van der Waals surface area contributed by atoms with Crippen LogP contribution in [0.15, 0.2) is 20.9 Å². The summed E-state index contributed by atoms with van der Waals surface area (Å²) in [5.74, 6) is 0. The molecule has 2 aromatic heterocycles. The van der Waals surface area contributed by atoms with Crippen LogP contribution in [-0.2, 0) is 23.0 Å². The van der Waals surface area contributed by atoms with Crippen LogP contribution in [0.4, 0.5) is 0 Å². The predicted octanol–water partition coefficient (Wildman–Crippen LogP) is 1.78. The SMILES string of the molecule is CNCc1c(S(=O)(=O)NCCc2ccc(Br)s2)n[nH]c1C. The van der Waals surface area contributed by atoms with Gasteiger partial charge in [0.15, 0.2) is 5.03 Å². The lowest BCUT2D eigenvalue weighted by atomic mass is 10.3. The molecular weight excluding hydrogens is 376 g/mol. The molecule has 2 aromatic rings. The second-order valence-corrected chi connectivity index (χ2v) is 8.75. The molecule has 0 bridgehead atoms. The van der Waals surface area contributed by atoms with E-state index in [-0.39, 0.29) is 5.03 Å². The Labute approximate surface area is 136 Å². The average Bonchev–Trinajstić information content (AvgIpc) is 2.98. The summed E-state index contributed by atoms with van der Waals surface area (Å²) in [6.07, 6.45) is 0.653. The number of hydrogen-bond donors (Lipinski definition) is 3. The van der Waals surface area contributed by atoms with Crippen LogP contribution in [0.3, 0.4) is 0 Å². The van der Waals surface area contributed by atoms with Crippen LogP contribution >= 0.6 is 27.3 Å². The van der Waals surface area contributed by atoms with Gasteiger partial charge in [-0.05, 0) is 48.5 Å². The van der Waals surface area contributed by atoms with Crippen molar-refractivity contribution in [3.05, 3.63) is 32.1 Å². The van der Waals surface area contributed by atoms with Crippen LogP contribution < -0.4 is 10.0 Å². The molecule has 0 aliphatic rings. The quantitative estimate of drug-likeness (QED) is 0.669. The van der Waals surface area contributed by atoms with Gasteiger partial charge in [0.05, 0.1) is 3.79 Å². The van der Waals surface area contributed by atoms with Crippen molar-refractivity contribution in [1.82, 2.24) is 20.2 Å². The molecule has 0 unspecified atom stereocenters. The maximum atomic E-state index is 12.3. The van der Waals surface area contributed by atoms with Gasteiger partial charge in [-0.25, -0.2) is 13.1 Å². The highest BCUT2D eigenvalue weighted by molar-refractivity contribution is 9.11. The Morgan fingerprint density at radius 2 is 2.19 bits per heavy atom. The second-order valence-electron chi connectivity index (χ2n) is 4.52. The van der Waals surface area contributed by atoms with Gasteiger partial charge in [-0.15, -0.1) is 11.3 Å². The van der Waals surface area contributed by atoms with Crippen molar-refractivity contribution in [2.75, 3.05) is 13.6 Å². The fraction of sp³-hybridized carbons (Fsp3) is 0.417. The highest BCUT2D eigenvalue weighted by Crippen LogP contribution is 2.22. The Balaban J connectivity index is 2.04. The number of nitrogens with one attached hydrogen (secondary N) is 3. The number of aromatic amines is 1. The van der Waals surface area contributed by atoms with Gasteiger partial charge in [0.1, 0.15) is 0 Å². The van der Waals surface area contributed by atoms with Gasteiger partial charge < -0.3 is 5.32 Å². The molecule has 2 heterocycles. The van der Waals surface area contributed by atoms with Gasteiger partial charge in [-0.3, -0.25) is 5.10 Å². The summed E-state index contributed by atoms with van der Waals surface area (Å²) in [5.41, 5.74) is 1.43. The minimum Gasteiger partial charge on any atom is -0.316 e. The second kappa shape index (κ2) is 7.01. The minimum absolute atomic E-state index is 0.0710. The smallest absolute Gasteiger partial charge is 0.260 e. The predicted molar refractivity (Wildman–Crippen MR) is 87.0 cm³/mol. The molecule has 21 heavy (non-hydrogen) atoms. The van der Waals surface area contributed by atoms with Gasteiger partial charge in [0.2, 0.25) is 0 Å². The third-order valence-corrected chi connectivity index (χ3v) is 6.05. The van der Waals surface area contributed by atoms with E-state index in [1.165, 1.54) is 0 Å². The Kier molecular flexibility index (Phi) is 5.55. The largest absolute Gasteiger partial charge is 0.316 e. The third-order valence-electron chi connectivity index (χ3n) is 2.94. The molecule has 6 nitrogen and oxygen atoms in total. The average molecular weight is 393 g/mol. The number of thiophene rings is 1. The van der Waals surface area contributed by atoms with Crippen molar-refractivity contribution in [2.45, 2.75) is 24.9 Å². The fourth-order valence-electron chi connectivity index (χ4n) is 1.90. The topological polar surface area (TPSA) is 86.9 Å². The van der Waals surface area contributed by atoms with Crippen LogP contribution in [0.2, 0.25) is 0 Å². The Morgan fingerprint density at radius 1 is 1.43 bits per heavy atom. The number of aromatic nitrogens is 2. The molecule has 116 valence electrons. The molecule has 9 heteroatoms. The first-order valence-corrected chi connectivity index (χ1v) is 9.45. The number of H-pyrrole nitrogens is 1. The standard InChI is InChI=1S/C12H17BrN4O2S2/c1-8-10(7-14-2)12(17-16-8)21(18,19)15-6-5-9-3-4-11(13)20-9/h3-4,14-15H,5-7H2,1-2H3,(H,16,17). The van der Waals surface area contributed by atoms with E-state index in [4.69, 9.17) is 0 Å². The molecule has 3 N–H and O–H groups in total. The molecule has 0 amide bonds. The van der Waals surface area contributed by atoms with Gasteiger partial charge in [-0.2, -0.15) is 5.10 Å². The molecule has 0 radical (unpaired) electrons. The monoisotopic (exact) mass is 392 g/mol. The van der Waals surface area contributed by atoms with E-state index in [2.05, 4.69) is 36.2 Å². The van der Waals surface area contributed by atoms with Crippen LogP contribution in [0.5, 0.6) is 0 Å². The molecule has 0 atom stereocenters. The number of hydrogen-bond acceptors (Lipinski definition) is 5. The van der Waals surface area contributed by atoms with E-state index >= 15 is 0 Å². The Morgan fingerprint density at radius 3 is 2.81 bits per heavy atom. The Hall–Kier alpha value is -0.740. The number of nitrogens with zero attached hydrogens (tertiary/aromatic N) is 1. The number of sulfonamides is 1. The number of rotatable bonds is 7. The first-order valence-electron chi connectivity index (χ1n) is 6.36. The summed E-state index contributed by atoms with van der Waals surface area (Å²) >= 11 is 4.99. The summed E-state index contributed by atoms with van der Waals surface area (Å²) in [6.45, 7) is 2.61. The zero-order valence-corrected chi connectivity index (χ0v) is 15.0. The molecule has 0 saturated heterocycles. The van der Waals surface area contributed by atoms with E-state index in [9.17, 15) is 8.42 Å². The lowest BCUT2D eigenvalue weighted by molar-refractivity contribution is 0.575. The highest BCUT2D eigenvalue weighted by Gasteiger charge is 2.22. The van der Waals surface area contributed by atoms with Crippen molar-refractivity contribution in [3.8, 4) is 0 Å². The molecule has 0 spiro atoms. The fourth-order valence-corrected chi connectivity index (χ4v) is 4.61. The lowest BCUT2D eigenvalue weighted by Crippen LogP contribution is -2.27. The molecular formula is C12H17BrN4O2S2. The van der Waals surface area contributed by atoms with Crippen molar-refractivity contribution in [2.24, 2.45) is 0 Å². The van der Waals surface area contributed by atoms with Gasteiger partial charge >= 0.3 is 0 Å². The van der Waals surface area contributed by atoms with E-state index in [1.807, 2.05) is 19.1 Å². The van der Waals surface area contributed by atoms with Crippen LogP contribution in [0.1, 0.15) is 16.1 Å². The van der Waals surface area contributed by atoms with E-state index in [1.54, 1.807) is 18.4 Å². The van der Waals surface area contributed by atoms with Crippen LogP contribution in [-0.4, -0.2) is 32.2 Å². The third kappa shape index (κ3) is 4.13. The van der Waals surface area contributed by atoms with Gasteiger partial charge in [0, 0.05) is 29.2 Å². The first-order chi connectivity index (χ1) is 9.94. The van der Waals surface area contributed by atoms with Crippen LogP contribution in [0.25, 0.3) is 0 Å². The highest BCUT2D eigenvalue weighted by atomic mass is 79.9. The zero-order valence-electron chi connectivity index (χ0n) is 11.7. The minimum atomic E-state index is -3.60.